The van der Waals surface area contributed by atoms with Crippen molar-refractivity contribution in [1.29, 1.82) is 0 Å². The molecule has 0 fully saturated rings. The molecule has 0 aliphatic carbocycles. The third kappa shape index (κ3) is 14.1. The smallest absolute Gasteiger partial charge is 0.186 e. The van der Waals surface area contributed by atoms with E-state index in [1.807, 2.05) is 25.1 Å². The van der Waals surface area contributed by atoms with Crippen LogP contribution in [0.5, 0.6) is 0 Å². The van der Waals surface area contributed by atoms with E-state index in [0.717, 1.165) is 18.5 Å². The number of hydrogen-bond acceptors (Lipinski definition) is 2. The first-order chi connectivity index (χ1) is 13.2. The van der Waals surface area contributed by atoms with Crippen molar-refractivity contribution in [2.24, 2.45) is 5.10 Å². The molecule has 0 unspecified atom stereocenters. The first-order valence-corrected chi connectivity index (χ1v) is 10.9. The second-order valence-corrected chi connectivity index (χ2v) is 7.52. The average Bonchev–Trinajstić information content (AvgIpc) is 2.67. The SMILES string of the molecule is CCCCCCCCCCCCNC(=S)N/N=C/C(C)=C/c1ccccc1. The molecule has 0 aromatic heterocycles. The van der Waals surface area contributed by atoms with Crippen molar-refractivity contribution in [3.8, 4) is 0 Å². The third-order valence-corrected chi connectivity index (χ3v) is 4.68. The third-order valence-electron chi connectivity index (χ3n) is 4.44. The van der Waals surface area contributed by atoms with Gasteiger partial charge in [0.25, 0.3) is 0 Å². The summed E-state index contributed by atoms with van der Waals surface area (Å²) in [6.07, 6.45) is 17.4. The monoisotopic (exact) mass is 387 g/mol. The fourth-order valence-corrected chi connectivity index (χ4v) is 3.05. The Kier molecular flexibility index (Phi) is 14.3. The summed E-state index contributed by atoms with van der Waals surface area (Å²) in [5.41, 5.74) is 5.13. The van der Waals surface area contributed by atoms with E-state index in [9.17, 15) is 0 Å². The minimum Gasteiger partial charge on any atom is -0.361 e. The van der Waals surface area contributed by atoms with Crippen LogP contribution in [0.25, 0.3) is 6.08 Å². The molecular formula is C23H37N3S. The van der Waals surface area contributed by atoms with Gasteiger partial charge in [0.1, 0.15) is 0 Å². The van der Waals surface area contributed by atoms with Crippen LogP contribution < -0.4 is 10.7 Å². The van der Waals surface area contributed by atoms with Gasteiger partial charge in [-0.25, -0.2) is 0 Å². The van der Waals surface area contributed by atoms with Gasteiger partial charge in [-0.05, 0) is 36.7 Å². The first kappa shape index (κ1) is 23.4. The van der Waals surface area contributed by atoms with Gasteiger partial charge in [0.15, 0.2) is 5.11 Å². The van der Waals surface area contributed by atoms with Crippen molar-refractivity contribution in [2.75, 3.05) is 6.54 Å². The molecule has 0 radical (unpaired) electrons. The highest BCUT2D eigenvalue weighted by molar-refractivity contribution is 7.80. The maximum Gasteiger partial charge on any atom is 0.186 e. The molecule has 0 aliphatic heterocycles. The van der Waals surface area contributed by atoms with Gasteiger partial charge in [-0.15, -0.1) is 0 Å². The van der Waals surface area contributed by atoms with Crippen LogP contribution in [0.2, 0.25) is 0 Å². The fourth-order valence-electron chi connectivity index (χ4n) is 2.90. The maximum atomic E-state index is 5.25. The minimum absolute atomic E-state index is 0.592. The quantitative estimate of drug-likeness (QED) is 0.166. The summed E-state index contributed by atoms with van der Waals surface area (Å²) in [6, 6.07) is 10.2. The zero-order valence-electron chi connectivity index (χ0n) is 17.2. The normalized spacial score (nSPS) is 11.7. The standard InChI is InChI=1S/C23H37N3S/c1-3-4-5-6-7-8-9-10-11-15-18-24-23(27)26-25-20-21(2)19-22-16-13-12-14-17-22/h12-14,16-17,19-20H,3-11,15,18H2,1-2H3,(H2,24,26,27)/b21-19+,25-20+. The number of benzene rings is 1. The highest BCUT2D eigenvalue weighted by Gasteiger charge is 1.95. The van der Waals surface area contributed by atoms with E-state index in [4.69, 9.17) is 12.2 Å². The molecule has 1 aromatic rings. The summed E-state index contributed by atoms with van der Waals surface area (Å²) in [6.45, 7) is 5.21. The van der Waals surface area contributed by atoms with E-state index < -0.39 is 0 Å². The summed E-state index contributed by atoms with van der Waals surface area (Å²) >= 11 is 5.25. The van der Waals surface area contributed by atoms with Gasteiger partial charge >= 0.3 is 0 Å². The Hall–Kier alpha value is -1.68. The van der Waals surface area contributed by atoms with E-state index in [2.05, 4.69) is 41.0 Å². The van der Waals surface area contributed by atoms with E-state index in [-0.39, 0.29) is 0 Å². The minimum atomic E-state index is 0.592. The molecule has 0 spiro atoms. The second kappa shape index (κ2) is 16.5. The number of hydrazone groups is 1. The lowest BCUT2D eigenvalue weighted by atomic mass is 10.1. The Bertz CT molecular complexity index is 552. The Morgan fingerprint density at radius 1 is 0.926 bits per heavy atom. The van der Waals surface area contributed by atoms with Crippen LogP contribution in [0, 0.1) is 0 Å². The predicted molar refractivity (Wildman–Crippen MR) is 124 cm³/mol. The van der Waals surface area contributed by atoms with Crippen LogP contribution in [0.15, 0.2) is 41.0 Å². The molecule has 27 heavy (non-hydrogen) atoms. The van der Waals surface area contributed by atoms with E-state index >= 15 is 0 Å². The molecule has 3 nitrogen and oxygen atoms in total. The number of allylic oxidation sites excluding steroid dienone is 1. The number of rotatable bonds is 14. The molecule has 0 bridgehead atoms. The summed E-state index contributed by atoms with van der Waals surface area (Å²) < 4.78 is 0. The Morgan fingerprint density at radius 2 is 1.52 bits per heavy atom. The molecule has 0 saturated carbocycles. The van der Waals surface area contributed by atoms with E-state index in [1.165, 1.54) is 63.4 Å². The van der Waals surface area contributed by atoms with Crippen molar-refractivity contribution in [2.45, 2.75) is 78.1 Å². The summed E-state index contributed by atoms with van der Waals surface area (Å²) in [5, 5.41) is 8.00. The molecule has 0 atom stereocenters. The van der Waals surface area contributed by atoms with Gasteiger partial charge in [0, 0.05) is 6.54 Å². The largest absolute Gasteiger partial charge is 0.361 e. The highest BCUT2D eigenvalue weighted by Crippen LogP contribution is 2.10. The average molecular weight is 388 g/mol. The van der Waals surface area contributed by atoms with Crippen molar-refractivity contribution < 1.29 is 0 Å². The van der Waals surface area contributed by atoms with Crippen molar-refractivity contribution in [1.82, 2.24) is 10.7 Å². The lowest BCUT2D eigenvalue weighted by molar-refractivity contribution is 0.554. The lowest BCUT2D eigenvalue weighted by Gasteiger charge is -2.07. The molecule has 0 saturated heterocycles. The second-order valence-electron chi connectivity index (χ2n) is 7.11. The van der Waals surface area contributed by atoms with Gasteiger partial charge in [-0.3, -0.25) is 5.43 Å². The van der Waals surface area contributed by atoms with Crippen LogP contribution in [0.1, 0.15) is 83.6 Å². The van der Waals surface area contributed by atoms with E-state index in [1.54, 1.807) is 6.21 Å². The molecule has 2 N–H and O–H groups in total. The van der Waals surface area contributed by atoms with Crippen LogP contribution in [0.3, 0.4) is 0 Å². The van der Waals surface area contributed by atoms with Crippen LogP contribution in [0.4, 0.5) is 0 Å². The van der Waals surface area contributed by atoms with Gasteiger partial charge in [0.05, 0.1) is 6.21 Å². The number of hydrogen-bond donors (Lipinski definition) is 2. The molecule has 0 aliphatic rings. The number of nitrogens with one attached hydrogen (secondary N) is 2. The zero-order chi connectivity index (χ0) is 19.6. The maximum absolute atomic E-state index is 5.25. The summed E-state index contributed by atoms with van der Waals surface area (Å²) in [7, 11) is 0. The molecule has 150 valence electrons. The summed E-state index contributed by atoms with van der Waals surface area (Å²) in [5.74, 6) is 0. The Balaban J connectivity index is 1.99. The van der Waals surface area contributed by atoms with Crippen molar-refractivity contribution >= 4 is 29.6 Å². The molecule has 1 rings (SSSR count). The van der Waals surface area contributed by atoms with Gasteiger partial charge in [-0.1, -0.05) is 101 Å². The lowest BCUT2D eigenvalue weighted by Crippen LogP contribution is -2.32. The molecule has 0 amide bonds. The molecule has 0 heterocycles. The Morgan fingerprint density at radius 3 is 2.15 bits per heavy atom. The molecule has 1 aromatic carbocycles. The number of thiocarbonyl (C=S) groups is 1. The number of nitrogens with zero attached hydrogens (tertiary/aromatic N) is 1. The first-order valence-electron chi connectivity index (χ1n) is 10.5. The van der Waals surface area contributed by atoms with Gasteiger partial charge in [-0.2, -0.15) is 5.10 Å². The van der Waals surface area contributed by atoms with Gasteiger partial charge < -0.3 is 5.32 Å². The van der Waals surface area contributed by atoms with E-state index in [0.29, 0.717) is 5.11 Å². The fraction of sp³-hybridized carbons (Fsp3) is 0.565. The number of unbranched alkanes of at least 4 members (excludes halogenated alkanes) is 9. The predicted octanol–water partition coefficient (Wildman–Crippen LogP) is 6.46. The summed E-state index contributed by atoms with van der Waals surface area (Å²) in [4.78, 5) is 0. The van der Waals surface area contributed by atoms with Crippen LogP contribution >= 0.6 is 12.2 Å². The molecule has 4 heteroatoms. The molecular weight excluding hydrogens is 350 g/mol. The van der Waals surface area contributed by atoms with Crippen LogP contribution in [-0.4, -0.2) is 17.9 Å². The topological polar surface area (TPSA) is 36.4 Å². The van der Waals surface area contributed by atoms with Crippen LogP contribution in [-0.2, 0) is 0 Å². The van der Waals surface area contributed by atoms with Crippen molar-refractivity contribution in [3.05, 3.63) is 41.5 Å². The van der Waals surface area contributed by atoms with Crippen molar-refractivity contribution in [3.63, 3.8) is 0 Å². The zero-order valence-corrected chi connectivity index (χ0v) is 18.0. The van der Waals surface area contributed by atoms with Gasteiger partial charge in [0.2, 0.25) is 0 Å². The Labute approximate surface area is 171 Å². The highest BCUT2D eigenvalue weighted by atomic mass is 32.1.